The maximum atomic E-state index is 15.0. The average Bonchev–Trinajstić information content (AvgIpc) is 2.80. The fourth-order valence-corrected chi connectivity index (χ4v) is 6.27. The summed E-state index contributed by atoms with van der Waals surface area (Å²) in [7, 11) is 1.20. The predicted octanol–water partition coefficient (Wildman–Crippen LogP) is 8.18. The van der Waals surface area contributed by atoms with Gasteiger partial charge in [0.25, 0.3) is 0 Å². The molecule has 0 aliphatic heterocycles. The van der Waals surface area contributed by atoms with E-state index in [0.29, 0.717) is 11.3 Å². The van der Waals surface area contributed by atoms with Crippen LogP contribution in [0.3, 0.4) is 0 Å². The summed E-state index contributed by atoms with van der Waals surface area (Å²) in [4.78, 5) is 11.8. The monoisotopic (exact) mass is 442 g/mol. The number of rotatable bonds is 7. The number of halogens is 2. The first-order valence-electron chi connectivity index (χ1n) is 12.5. The van der Waals surface area contributed by atoms with Crippen molar-refractivity contribution in [2.24, 2.45) is 17.8 Å². The van der Waals surface area contributed by atoms with Crippen LogP contribution < -0.4 is 0 Å². The van der Waals surface area contributed by atoms with Crippen LogP contribution in [0.15, 0.2) is 24.3 Å². The zero-order valence-corrected chi connectivity index (χ0v) is 19.5. The number of fused-ring (bicyclic) bond motifs is 2. The van der Waals surface area contributed by atoms with Crippen LogP contribution in [0.25, 0.3) is 10.8 Å². The Labute approximate surface area is 190 Å². The van der Waals surface area contributed by atoms with E-state index in [1.54, 1.807) is 6.07 Å². The molecule has 0 aromatic heterocycles. The SMILES string of the molecule is CCCCCCC1CCC2CC(c3cc(F)c4cc(C(=O)OC)c(F)cc4c3)CCC2C1. The molecule has 174 valence electrons. The highest BCUT2D eigenvalue weighted by Gasteiger charge is 2.36. The van der Waals surface area contributed by atoms with Crippen molar-refractivity contribution >= 4 is 16.7 Å². The first-order valence-corrected chi connectivity index (χ1v) is 12.5. The molecule has 0 saturated heterocycles. The Kier molecular flexibility index (Phi) is 7.48. The van der Waals surface area contributed by atoms with Gasteiger partial charge >= 0.3 is 5.97 Å². The number of carbonyl (C=O) groups is 1. The molecule has 4 heteroatoms. The maximum absolute atomic E-state index is 15.0. The quantitative estimate of drug-likeness (QED) is 0.319. The van der Waals surface area contributed by atoms with E-state index >= 15 is 0 Å². The summed E-state index contributed by atoms with van der Waals surface area (Å²) < 4.78 is 34.0. The summed E-state index contributed by atoms with van der Waals surface area (Å²) >= 11 is 0. The highest BCUT2D eigenvalue weighted by Crippen LogP contribution is 2.48. The van der Waals surface area contributed by atoms with Crippen molar-refractivity contribution in [1.29, 1.82) is 0 Å². The van der Waals surface area contributed by atoms with Gasteiger partial charge in [0.15, 0.2) is 0 Å². The van der Waals surface area contributed by atoms with Crippen LogP contribution in [0.2, 0.25) is 0 Å². The standard InChI is InChI=1S/C28H36F2O2/c1-3-4-5-6-7-18-8-9-20-13-21(11-10-19(20)12-18)22-14-23-16-27(30)25(28(31)32-2)17-24(23)26(29)15-22/h14-21H,3-13H2,1-2H3. The first-order chi connectivity index (χ1) is 15.5. The van der Waals surface area contributed by atoms with Crippen molar-refractivity contribution in [2.45, 2.75) is 83.5 Å². The van der Waals surface area contributed by atoms with Gasteiger partial charge in [-0.15, -0.1) is 0 Å². The molecular formula is C28H36F2O2. The minimum absolute atomic E-state index is 0.224. The Morgan fingerprint density at radius 3 is 2.50 bits per heavy atom. The lowest BCUT2D eigenvalue weighted by molar-refractivity contribution is 0.0595. The Bertz CT molecular complexity index is 954. The van der Waals surface area contributed by atoms with E-state index in [1.165, 1.54) is 77.0 Å². The molecule has 0 spiro atoms. The van der Waals surface area contributed by atoms with E-state index in [0.717, 1.165) is 36.2 Å². The summed E-state index contributed by atoms with van der Waals surface area (Å²) in [6.07, 6.45) is 14.2. The van der Waals surface area contributed by atoms with Gasteiger partial charge in [0.2, 0.25) is 0 Å². The molecule has 4 atom stereocenters. The van der Waals surface area contributed by atoms with Gasteiger partial charge in [0.1, 0.15) is 11.6 Å². The van der Waals surface area contributed by atoms with Crippen LogP contribution in [0.5, 0.6) is 0 Å². The van der Waals surface area contributed by atoms with Gasteiger partial charge in [-0.2, -0.15) is 0 Å². The van der Waals surface area contributed by atoms with Crippen molar-refractivity contribution < 1.29 is 18.3 Å². The smallest absolute Gasteiger partial charge is 0.340 e. The predicted molar refractivity (Wildman–Crippen MR) is 125 cm³/mol. The summed E-state index contributed by atoms with van der Waals surface area (Å²) in [5.74, 6) is 0.948. The van der Waals surface area contributed by atoms with Gasteiger partial charge in [-0.3, -0.25) is 0 Å². The lowest BCUT2D eigenvalue weighted by Crippen LogP contribution is -2.30. The number of methoxy groups -OCH3 is 1. The fraction of sp³-hybridized carbons (Fsp3) is 0.607. The van der Waals surface area contributed by atoms with Gasteiger partial charge in [0, 0.05) is 5.39 Å². The molecule has 2 nitrogen and oxygen atoms in total. The number of ether oxygens (including phenoxy) is 1. The molecule has 2 aromatic carbocycles. The van der Waals surface area contributed by atoms with Gasteiger partial charge in [-0.1, -0.05) is 51.5 Å². The molecule has 2 aliphatic carbocycles. The van der Waals surface area contributed by atoms with E-state index in [1.807, 2.05) is 6.07 Å². The average molecular weight is 443 g/mol. The number of carbonyl (C=O) groups excluding carboxylic acids is 1. The topological polar surface area (TPSA) is 26.3 Å². The zero-order valence-electron chi connectivity index (χ0n) is 19.5. The molecule has 0 bridgehead atoms. The van der Waals surface area contributed by atoms with E-state index in [2.05, 4.69) is 11.7 Å². The second kappa shape index (κ2) is 10.3. The van der Waals surface area contributed by atoms with Crippen molar-refractivity contribution in [2.75, 3.05) is 7.11 Å². The third kappa shape index (κ3) is 5.00. The van der Waals surface area contributed by atoms with Crippen molar-refractivity contribution in [1.82, 2.24) is 0 Å². The molecule has 2 aliphatic rings. The van der Waals surface area contributed by atoms with Crippen molar-refractivity contribution in [3.05, 3.63) is 47.0 Å². The number of unbranched alkanes of at least 4 members (excludes halogenated alkanes) is 3. The van der Waals surface area contributed by atoms with Crippen LogP contribution in [-0.2, 0) is 4.74 Å². The van der Waals surface area contributed by atoms with Crippen molar-refractivity contribution in [3.63, 3.8) is 0 Å². The third-order valence-corrected chi connectivity index (χ3v) is 8.08. The van der Waals surface area contributed by atoms with Crippen molar-refractivity contribution in [3.8, 4) is 0 Å². The maximum Gasteiger partial charge on any atom is 0.340 e. The Hall–Kier alpha value is -1.97. The fourth-order valence-electron chi connectivity index (χ4n) is 6.27. The molecule has 0 heterocycles. The highest BCUT2D eigenvalue weighted by molar-refractivity contribution is 5.96. The minimum Gasteiger partial charge on any atom is -0.465 e. The molecule has 32 heavy (non-hydrogen) atoms. The molecule has 2 fully saturated rings. The Morgan fingerprint density at radius 2 is 1.72 bits per heavy atom. The van der Waals surface area contributed by atoms with Crippen LogP contribution in [-0.4, -0.2) is 13.1 Å². The van der Waals surface area contributed by atoms with E-state index in [-0.39, 0.29) is 16.8 Å². The van der Waals surface area contributed by atoms with Gasteiger partial charge in [0.05, 0.1) is 12.7 Å². The minimum atomic E-state index is -0.785. The normalized spacial score (nSPS) is 25.5. The van der Waals surface area contributed by atoms with Crippen LogP contribution in [0.1, 0.15) is 99.4 Å². The molecule has 2 saturated carbocycles. The molecule has 2 aromatic rings. The number of benzene rings is 2. The molecule has 4 rings (SSSR count). The van der Waals surface area contributed by atoms with Crippen LogP contribution in [0, 0.1) is 29.4 Å². The molecule has 0 N–H and O–H groups in total. The number of hydrogen-bond acceptors (Lipinski definition) is 2. The molecule has 4 unspecified atom stereocenters. The zero-order chi connectivity index (χ0) is 22.7. The Morgan fingerprint density at radius 1 is 0.938 bits per heavy atom. The summed E-state index contributed by atoms with van der Waals surface area (Å²) in [6, 6.07) is 6.07. The van der Waals surface area contributed by atoms with Gasteiger partial charge in [-0.05, 0) is 84.9 Å². The second-order valence-electron chi connectivity index (χ2n) is 10.1. The Balaban J connectivity index is 1.44. The lowest BCUT2D eigenvalue weighted by Gasteiger charge is -2.42. The molecule has 0 radical (unpaired) electrons. The molecule has 0 amide bonds. The van der Waals surface area contributed by atoms with Crippen LogP contribution >= 0.6 is 0 Å². The van der Waals surface area contributed by atoms with Gasteiger partial charge < -0.3 is 4.74 Å². The summed E-state index contributed by atoms with van der Waals surface area (Å²) in [6.45, 7) is 2.27. The largest absolute Gasteiger partial charge is 0.465 e. The number of esters is 1. The molecular weight excluding hydrogens is 406 g/mol. The summed E-state index contributed by atoms with van der Waals surface area (Å²) in [5, 5.41) is 0.788. The van der Waals surface area contributed by atoms with E-state index < -0.39 is 11.8 Å². The van der Waals surface area contributed by atoms with Crippen LogP contribution in [0.4, 0.5) is 8.78 Å². The van der Waals surface area contributed by atoms with E-state index in [4.69, 9.17) is 0 Å². The van der Waals surface area contributed by atoms with E-state index in [9.17, 15) is 13.6 Å². The first kappa shape index (κ1) is 23.2. The third-order valence-electron chi connectivity index (χ3n) is 8.08. The van der Waals surface area contributed by atoms with Gasteiger partial charge in [-0.25, -0.2) is 13.6 Å². The number of hydrogen-bond donors (Lipinski definition) is 0. The second-order valence-corrected chi connectivity index (χ2v) is 10.1. The lowest BCUT2D eigenvalue weighted by atomic mass is 9.63. The highest BCUT2D eigenvalue weighted by atomic mass is 19.1. The summed E-state index contributed by atoms with van der Waals surface area (Å²) in [5.41, 5.74) is 0.749.